The Morgan fingerprint density at radius 3 is 2.73 bits per heavy atom. The highest BCUT2D eigenvalue weighted by Gasteiger charge is 2.49. The van der Waals surface area contributed by atoms with Gasteiger partial charge in [-0.25, -0.2) is 19.7 Å². The highest BCUT2D eigenvalue weighted by molar-refractivity contribution is 5.79. The third-order valence-electron chi connectivity index (χ3n) is 5.36. The Balaban J connectivity index is 1.63. The average molecular weight is 397 g/mol. The molecule has 0 aliphatic carbocycles. The zero-order chi connectivity index (χ0) is 20.7. The van der Waals surface area contributed by atoms with E-state index in [1.165, 1.54) is 5.06 Å². The average Bonchev–Trinajstić information content (AvgIpc) is 3.07. The van der Waals surface area contributed by atoms with Crippen LogP contribution < -0.4 is 10.5 Å². The second-order valence-corrected chi connectivity index (χ2v) is 7.28. The quantitative estimate of drug-likeness (QED) is 0.657. The fourth-order valence-corrected chi connectivity index (χ4v) is 3.90. The Hall–Kier alpha value is -3.89. The first-order valence-corrected chi connectivity index (χ1v) is 9.56. The molecule has 5 rings (SSSR count). The number of hydrogen-bond acceptors (Lipinski definition) is 6. The van der Waals surface area contributed by atoms with Crippen molar-refractivity contribution in [2.24, 2.45) is 10.7 Å². The molecule has 30 heavy (non-hydrogen) atoms. The van der Waals surface area contributed by atoms with Gasteiger partial charge in [0, 0.05) is 19.7 Å². The van der Waals surface area contributed by atoms with Gasteiger partial charge in [0.05, 0.1) is 17.8 Å². The first-order valence-electron chi connectivity index (χ1n) is 9.56. The van der Waals surface area contributed by atoms with Crippen molar-refractivity contribution in [2.45, 2.75) is 18.2 Å². The smallest absolute Gasteiger partial charge is 0.222 e. The molecule has 7 nitrogen and oxygen atoms in total. The van der Waals surface area contributed by atoms with Crippen molar-refractivity contribution in [3.8, 4) is 16.9 Å². The lowest BCUT2D eigenvalue weighted by Crippen LogP contribution is -2.36. The van der Waals surface area contributed by atoms with Crippen molar-refractivity contribution in [1.82, 2.24) is 10.0 Å². The van der Waals surface area contributed by atoms with Gasteiger partial charge in [-0.3, -0.25) is 4.98 Å². The summed E-state index contributed by atoms with van der Waals surface area (Å²) in [5.74, 6) is 0.983. The molecule has 3 aromatic rings. The van der Waals surface area contributed by atoms with E-state index in [-0.39, 0.29) is 6.10 Å². The minimum absolute atomic E-state index is 0.308. The molecule has 0 saturated carbocycles. The number of ether oxygens (including phenoxy) is 1. The van der Waals surface area contributed by atoms with Gasteiger partial charge in [0.2, 0.25) is 11.7 Å². The van der Waals surface area contributed by atoms with Crippen LogP contribution >= 0.6 is 0 Å². The molecule has 0 radical (unpaired) electrons. The van der Waals surface area contributed by atoms with Crippen molar-refractivity contribution >= 4 is 11.6 Å². The fourth-order valence-electron chi connectivity index (χ4n) is 3.90. The van der Waals surface area contributed by atoms with Crippen molar-refractivity contribution in [3.63, 3.8) is 0 Å². The number of nitrogens with two attached hydrogens (primary N) is 1. The summed E-state index contributed by atoms with van der Waals surface area (Å²) in [5.41, 5.74) is 9.16. The molecule has 2 aliphatic rings. The van der Waals surface area contributed by atoms with Crippen LogP contribution in [-0.2, 0) is 10.6 Å². The van der Waals surface area contributed by atoms with Gasteiger partial charge in [-0.2, -0.15) is 0 Å². The maximum absolute atomic E-state index is 7.28. The summed E-state index contributed by atoms with van der Waals surface area (Å²) in [6, 6.07) is 19.1. The standard InChI is InChI=1S/C23H19N5O2/c1-25-17-7-5-6-15(12-17)16-9-10-20-18(13-16)23(27-22(24)28(2)30-23)14-21(29-20)19-8-3-4-11-26-19/h3-13,21H,14H2,2H3,(H2,24,27). The van der Waals surface area contributed by atoms with Gasteiger partial charge < -0.3 is 10.5 Å². The normalized spacial score (nSPS) is 22.2. The molecule has 2 atom stereocenters. The van der Waals surface area contributed by atoms with Gasteiger partial charge in [0.15, 0.2) is 5.69 Å². The number of guanidine groups is 1. The molecule has 0 amide bonds. The molecular weight excluding hydrogens is 378 g/mol. The zero-order valence-electron chi connectivity index (χ0n) is 16.3. The summed E-state index contributed by atoms with van der Waals surface area (Å²) < 4.78 is 6.29. The summed E-state index contributed by atoms with van der Waals surface area (Å²) >= 11 is 0. The Bertz CT molecular complexity index is 1190. The lowest BCUT2D eigenvalue weighted by atomic mass is 9.89. The number of aliphatic imine (C=N–C) groups is 1. The lowest BCUT2D eigenvalue weighted by molar-refractivity contribution is -0.191. The van der Waals surface area contributed by atoms with Crippen molar-refractivity contribution < 1.29 is 9.57 Å². The second kappa shape index (κ2) is 6.87. The van der Waals surface area contributed by atoms with E-state index in [4.69, 9.17) is 21.9 Å². The molecule has 2 N–H and O–H groups in total. The molecule has 0 fully saturated rings. The van der Waals surface area contributed by atoms with Gasteiger partial charge >= 0.3 is 0 Å². The third kappa shape index (κ3) is 2.95. The van der Waals surface area contributed by atoms with Crippen molar-refractivity contribution in [3.05, 3.63) is 89.5 Å². The maximum atomic E-state index is 7.28. The number of hydroxylamine groups is 2. The zero-order valence-corrected chi connectivity index (χ0v) is 16.3. The van der Waals surface area contributed by atoms with Gasteiger partial charge in [0.25, 0.3) is 0 Å². The Kier molecular flexibility index (Phi) is 4.16. The molecule has 0 saturated heterocycles. The summed E-state index contributed by atoms with van der Waals surface area (Å²) in [7, 11) is 1.74. The number of benzene rings is 2. The predicted octanol–water partition coefficient (Wildman–Crippen LogP) is 4.17. The topological polar surface area (TPSA) is 77.3 Å². The SMILES string of the molecule is [C-]#[N+]c1cccc(-c2ccc3c(c2)C2(CC(c4ccccn4)O3)N=C(N)N(C)O2)c1. The summed E-state index contributed by atoms with van der Waals surface area (Å²) in [5, 5.41) is 1.48. The highest BCUT2D eigenvalue weighted by Crippen LogP contribution is 2.50. The van der Waals surface area contributed by atoms with Crippen LogP contribution in [0.25, 0.3) is 16.0 Å². The minimum atomic E-state index is -0.998. The number of pyridine rings is 1. The Morgan fingerprint density at radius 2 is 2.00 bits per heavy atom. The second-order valence-electron chi connectivity index (χ2n) is 7.28. The molecule has 2 aliphatic heterocycles. The van der Waals surface area contributed by atoms with Crippen LogP contribution in [0.15, 0.2) is 71.9 Å². The van der Waals surface area contributed by atoms with Crippen LogP contribution in [-0.4, -0.2) is 23.1 Å². The van der Waals surface area contributed by atoms with E-state index in [9.17, 15) is 0 Å². The summed E-state index contributed by atoms with van der Waals surface area (Å²) in [6.07, 6.45) is 1.86. The molecule has 1 aromatic heterocycles. The van der Waals surface area contributed by atoms with E-state index < -0.39 is 5.72 Å². The van der Waals surface area contributed by atoms with Crippen LogP contribution in [0.3, 0.4) is 0 Å². The van der Waals surface area contributed by atoms with Crippen LogP contribution in [0.4, 0.5) is 5.69 Å². The molecule has 2 aromatic carbocycles. The van der Waals surface area contributed by atoms with Crippen molar-refractivity contribution in [1.29, 1.82) is 0 Å². The van der Waals surface area contributed by atoms with E-state index in [0.29, 0.717) is 23.8 Å². The van der Waals surface area contributed by atoms with Gasteiger partial charge in [-0.05, 0) is 41.5 Å². The molecule has 1 spiro atoms. The number of hydrogen-bond donors (Lipinski definition) is 1. The van der Waals surface area contributed by atoms with Gasteiger partial charge in [-0.1, -0.05) is 30.3 Å². The van der Waals surface area contributed by atoms with E-state index in [1.54, 1.807) is 19.3 Å². The van der Waals surface area contributed by atoms with Crippen LogP contribution in [0.5, 0.6) is 5.75 Å². The number of nitrogens with zero attached hydrogens (tertiary/aromatic N) is 4. The molecule has 3 heterocycles. The van der Waals surface area contributed by atoms with Gasteiger partial charge in [-0.15, -0.1) is 0 Å². The third-order valence-corrected chi connectivity index (χ3v) is 5.36. The molecule has 2 unspecified atom stereocenters. The van der Waals surface area contributed by atoms with Crippen LogP contribution in [0, 0.1) is 6.57 Å². The number of fused-ring (bicyclic) bond motifs is 2. The van der Waals surface area contributed by atoms with E-state index in [0.717, 1.165) is 22.4 Å². The van der Waals surface area contributed by atoms with E-state index in [1.807, 2.05) is 54.6 Å². The predicted molar refractivity (Wildman–Crippen MR) is 113 cm³/mol. The Labute approximate surface area is 174 Å². The first-order chi connectivity index (χ1) is 14.6. The van der Waals surface area contributed by atoms with Gasteiger partial charge in [0.1, 0.15) is 11.9 Å². The van der Waals surface area contributed by atoms with E-state index >= 15 is 0 Å². The number of aromatic nitrogens is 1. The van der Waals surface area contributed by atoms with Crippen LogP contribution in [0.2, 0.25) is 0 Å². The molecule has 0 bridgehead atoms. The Morgan fingerprint density at radius 1 is 1.13 bits per heavy atom. The van der Waals surface area contributed by atoms with E-state index in [2.05, 4.69) is 14.8 Å². The molecule has 7 heteroatoms. The van der Waals surface area contributed by atoms with Crippen LogP contribution in [0.1, 0.15) is 23.8 Å². The highest BCUT2D eigenvalue weighted by atomic mass is 16.7. The summed E-state index contributed by atoms with van der Waals surface area (Å²) in [4.78, 5) is 18.8. The number of rotatable bonds is 2. The lowest BCUT2D eigenvalue weighted by Gasteiger charge is -2.36. The minimum Gasteiger partial charge on any atom is -0.483 e. The monoisotopic (exact) mass is 397 g/mol. The molecule has 148 valence electrons. The fraction of sp³-hybridized carbons (Fsp3) is 0.174. The molecular formula is C23H19N5O2. The first kappa shape index (κ1) is 18.2. The largest absolute Gasteiger partial charge is 0.483 e. The van der Waals surface area contributed by atoms with Crippen molar-refractivity contribution in [2.75, 3.05) is 7.05 Å². The summed E-state index contributed by atoms with van der Waals surface area (Å²) in [6.45, 7) is 7.28. The maximum Gasteiger partial charge on any atom is 0.222 e.